The molecule has 17 heavy (non-hydrogen) atoms. The van der Waals surface area contributed by atoms with Gasteiger partial charge in [0.15, 0.2) is 0 Å². The maximum Gasteiger partial charge on any atom is 0.0953 e. The maximum atomic E-state index is 4.27. The number of hydrogen-bond donors (Lipinski definition) is 0. The SMILES string of the molecule is CSc1ccc(C2CCCc3cncn32)cc1. The molecule has 1 aliphatic heterocycles. The van der Waals surface area contributed by atoms with E-state index in [4.69, 9.17) is 0 Å². The van der Waals surface area contributed by atoms with Gasteiger partial charge in [0.1, 0.15) is 0 Å². The van der Waals surface area contributed by atoms with Gasteiger partial charge < -0.3 is 4.57 Å². The molecule has 0 aliphatic carbocycles. The molecule has 3 rings (SSSR count). The Hall–Kier alpha value is -1.22. The minimum absolute atomic E-state index is 0.483. The van der Waals surface area contributed by atoms with Gasteiger partial charge in [-0.3, -0.25) is 0 Å². The first-order valence-corrected chi connectivity index (χ1v) is 7.25. The van der Waals surface area contributed by atoms with E-state index in [-0.39, 0.29) is 0 Å². The molecule has 0 saturated heterocycles. The molecule has 88 valence electrons. The van der Waals surface area contributed by atoms with Crippen molar-refractivity contribution in [1.29, 1.82) is 0 Å². The molecule has 0 bridgehead atoms. The Morgan fingerprint density at radius 2 is 2.12 bits per heavy atom. The monoisotopic (exact) mass is 244 g/mol. The number of thioether (sulfide) groups is 1. The summed E-state index contributed by atoms with van der Waals surface area (Å²) >= 11 is 1.79. The van der Waals surface area contributed by atoms with Crippen molar-refractivity contribution >= 4 is 11.8 Å². The smallest absolute Gasteiger partial charge is 0.0953 e. The summed E-state index contributed by atoms with van der Waals surface area (Å²) in [5.74, 6) is 0. The van der Waals surface area contributed by atoms with Crippen LogP contribution in [0.25, 0.3) is 0 Å². The second-order valence-corrected chi connectivity index (χ2v) is 5.35. The predicted molar refractivity (Wildman–Crippen MR) is 71.5 cm³/mol. The first-order valence-electron chi connectivity index (χ1n) is 6.03. The third-order valence-corrected chi connectivity index (χ3v) is 4.24. The molecule has 1 atom stereocenters. The predicted octanol–water partition coefficient (Wildman–Crippen LogP) is 3.53. The lowest BCUT2D eigenvalue weighted by atomic mass is 9.96. The van der Waals surface area contributed by atoms with Crippen LogP contribution < -0.4 is 0 Å². The molecular formula is C14H16N2S. The zero-order valence-electron chi connectivity index (χ0n) is 9.97. The van der Waals surface area contributed by atoms with E-state index in [2.05, 4.69) is 40.1 Å². The van der Waals surface area contributed by atoms with Gasteiger partial charge in [-0.05, 0) is 43.2 Å². The zero-order chi connectivity index (χ0) is 11.7. The highest BCUT2D eigenvalue weighted by molar-refractivity contribution is 7.98. The molecule has 1 aliphatic rings. The summed E-state index contributed by atoms with van der Waals surface area (Å²) in [6.07, 6.45) is 9.75. The number of aromatic nitrogens is 2. The van der Waals surface area contributed by atoms with Crippen molar-refractivity contribution in [3.63, 3.8) is 0 Å². The summed E-state index contributed by atoms with van der Waals surface area (Å²) in [6, 6.07) is 9.42. The van der Waals surface area contributed by atoms with E-state index in [1.54, 1.807) is 11.8 Å². The van der Waals surface area contributed by atoms with Gasteiger partial charge in [-0.2, -0.15) is 0 Å². The number of aryl methyl sites for hydroxylation is 1. The average molecular weight is 244 g/mol. The van der Waals surface area contributed by atoms with E-state index < -0.39 is 0 Å². The van der Waals surface area contributed by atoms with Gasteiger partial charge in [-0.1, -0.05) is 12.1 Å². The van der Waals surface area contributed by atoms with Crippen LogP contribution in [0, 0.1) is 0 Å². The molecule has 1 unspecified atom stereocenters. The van der Waals surface area contributed by atoms with Gasteiger partial charge in [0.2, 0.25) is 0 Å². The normalized spacial score (nSPS) is 19.0. The van der Waals surface area contributed by atoms with Crippen LogP contribution in [0.5, 0.6) is 0 Å². The van der Waals surface area contributed by atoms with Gasteiger partial charge in [0.05, 0.1) is 12.4 Å². The first-order chi connectivity index (χ1) is 8.38. The molecule has 0 saturated carbocycles. The molecule has 1 aromatic carbocycles. The van der Waals surface area contributed by atoms with E-state index in [0.717, 1.165) is 0 Å². The average Bonchev–Trinajstić information content (AvgIpc) is 2.87. The fourth-order valence-electron chi connectivity index (χ4n) is 2.58. The third kappa shape index (κ3) is 2.00. The van der Waals surface area contributed by atoms with E-state index in [1.807, 2.05) is 12.5 Å². The Kier molecular flexibility index (Phi) is 2.93. The first kappa shape index (κ1) is 10.9. The molecule has 0 fully saturated rings. The number of nitrogens with zero attached hydrogens (tertiary/aromatic N) is 2. The highest BCUT2D eigenvalue weighted by Crippen LogP contribution is 2.31. The molecule has 2 nitrogen and oxygen atoms in total. The zero-order valence-corrected chi connectivity index (χ0v) is 10.8. The molecule has 0 N–H and O–H groups in total. The summed E-state index contributed by atoms with van der Waals surface area (Å²) in [7, 11) is 0. The number of rotatable bonds is 2. The topological polar surface area (TPSA) is 17.8 Å². The molecule has 0 radical (unpaired) electrons. The van der Waals surface area contributed by atoms with Gasteiger partial charge >= 0.3 is 0 Å². The molecule has 2 heterocycles. The lowest BCUT2D eigenvalue weighted by Gasteiger charge is -2.26. The Labute approximate surface area is 106 Å². The molecule has 2 aromatic rings. The van der Waals surface area contributed by atoms with Crippen LogP contribution in [-0.2, 0) is 6.42 Å². The van der Waals surface area contributed by atoms with Crippen molar-refractivity contribution in [3.05, 3.63) is 48.0 Å². The third-order valence-electron chi connectivity index (χ3n) is 3.49. The minimum Gasteiger partial charge on any atom is -0.327 e. The molecule has 0 amide bonds. The van der Waals surface area contributed by atoms with Gasteiger partial charge in [-0.15, -0.1) is 11.8 Å². The van der Waals surface area contributed by atoms with E-state index in [0.29, 0.717) is 6.04 Å². The van der Waals surface area contributed by atoms with Crippen molar-refractivity contribution < 1.29 is 0 Å². The number of hydrogen-bond acceptors (Lipinski definition) is 2. The number of benzene rings is 1. The van der Waals surface area contributed by atoms with Crippen LogP contribution >= 0.6 is 11.8 Å². The number of imidazole rings is 1. The molecule has 3 heteroatoms. The summed E-state index contributed by atoms with van der Waals surface area (Å²) < 4.78 is 2.33. The Balaban J connectivity index is 1.95. The second-order valence-electron chi connectivity index (χ2n) is 4.47. The minimum atomic E-state index is 0.483. The summed E-state index contributed by atoms with van der Waals surface area (Å²) in [6.45, 7) is 0. The summed E-state index contributed by atoms with van der Waals surface area (Å²) in [4.78, 5) is 5.60. The summed E-state index contributed by atoms with van der Waals surface area (Å²) in [5, 5.41) is 0. The van der Waals surface area contributed by atoms with Crippen molar-refractivity contribution in [2.45, 2.75) is 30.2 Å². The number of fused-ring (bicyclic) bond motifs is 1. The van der Waals surface area contributed by atoms with Crippen LogP contribution in [0.15, 0.2) is 41.7 Å². The Bertz CT molecular complexity index is 501. The standard InChI is InChI=1S/C14H16N2S/c1-17-13-7-5-11(6-8-13)14-4-2-3-12-9-15-10-16(12)14/h5-10,14H,2-4H2,1H3. The lowest BCUT2D eigenvalue weighted by Crippen LogP contribution is -2.17. The maximum absolute atomic E-state index is 4.27. The van der Waals surface area contributed by atoms with Gasteiger partial charge in [0.25, 0.3) is 0 Å². The van der Waals surface area contributed by atoms with Crippen molar-refractivity contribution in [3.8, 4) is 0 Å². The highest BCUT2D eigenvalue weighted by Gasteiger charge is 2.20. The van der Waals surface area contributed by atoms with Crippen molar-refractivity contribution in [2.75, 3.05) is 6.26 Å². The fraction of sp³-hybridized carbons (Fsp3) is 0.357. The molecule has 1 aromatic heterocycles. The fourth-order valence-corrected chi connectivity index (χ4v) is 2.98. The van der Waals surface area contributed by atoms with Crippen LogP contribution in [0.2, 0.25) is 0 Å². The lowest BCUT2D eigenvalue weighted by molar-refractivity contribution is 0.457. The van der Waals surface area contributed by atoms with Gasteiger partial charge in [0, 0.05) is 16.8 Å². The van der Waals surface area contributed by atoms with Crippen LogP contribution in [0.1, 0.15) is 30.1 Å². The summed E-state index contributed by atoms with van der Waals surface area (Å²) in [5.41, 5.74) is 2.77. The second kappa shape index (κ2) is 4.57. The van der Waals surface area contributed by atoms with Crippen LogP contribution in [0.4, 0.5) is 0 Å². The highest BCUT2D eigenvalue weighted by atomic mass is 32.2. The van der Waals surface area contributed by atoms with Crippen molar-refractivity contribution in [1.82, 2.24) is 9.55 Å². The largest absolute Gasteiger partial charge is 0.327 e. The van der Waals surface area contributed by atoms with E-state index in [9.17, 15) is 0 Å². The Morgan fingerprint density at radius 1 is 1.29 bits per heavy atom. The Morgan fingerprint density at radius 3 is 2.88 bits per heavy atom. The van der Waals surface area contributed by atoms with E-state index >= 15 is 0 Å². The molecule has 0 spiro atoms. The molecular weight excluding hydrogens is 228 g/mol. The van der Waals surface area contributed by atoms with Crippen LogP contribution in [0.3, 0.4) is 0 Å². The van der Waals surface area contributed by atoms with Gasteiger partial charge in [-0.25, -0.2) is 4.98 Å². The van der Waals surface area contributed by atoms with Crippen molar-refractivity contribution in [2.24, 2.45) is 0 Å². The van der Waals surface area contributed by atoms with Crippen LogP contribution in [-0.4, -0.2) is 15.8 Å². The van der Waals surface area contributed by atoms with E-state index in [1.165, 1.54) is 35.4 Å². The quantitative estimate of drug-likeness (QED) is 0.752.